The van der Waals surface area contributed by atoms with Crippen LogP contribution < -0.4 is 0 Å². The molecule has 1 fully saturated rings. The van der Waals surface area contributed by atoms with Crippen LogP contribution in [-0.4, -0.2) is 48.9 Å². The third-order valence-corrected chi connectivity index (χ3v) is 2.71. The van der Waals surface area contributed by atoms with Crippen molar-refractivity contribution in [2.24, 2.45) is 0 Å². The Morgan fingerprint density at radius 2 is 1.79 bits per heavy atom. The second kappa shape index (κ2) is 11.2. The van der Waals surface area contributed by atoms with Gasteiger partial charge in [-0.15, -0.1) is 0 Å². The SMILES string of the molecule is C=C(C)C(=O)OCC1CO1.C=C(CC=C(C)C(=O)O)C(=O)OCC. The summed E-state index contributed by atoms with van der Waals surface area (Å²) >= 11 is 0. The molecule has 24 heavy (non-hydrogen) atoms. The Balaban J connectivity index is 0.000000463. The van der Waals surface area contributed by atoms with Gasteiger partial charge < -0.3 is 19.3 Å². The predicted octanol–water partition coefficient (Wildman–Crippen LogP) is 2.03. The average Bonchev–Trinajstić information content (AvgIpc) is 3.34. The van der Waals surface area contributed by atoms with Gasteiger partial charge in [0.2, 0.25) is 0 Å². The minimum absolute atomic E-state index is 0.142. The third-order valence-electron chi connectivity index (χ3n) is 2.71. The summed E-state index contributed by atoms with van der Waals surface area (Å²) in [6.07, 6.45) is 1.78. The van der Waals surface area contributed by atoms with Crippen LogP contribution in [-0.2, 0) is 28.6 Å². The van der Waals surface area contributed by atoms with E-state index in [0.29, 0.717) is 25.4 Å². The van der Waals surface area contributed by atoms with Gasteiger partial charge in [0.05, 0.1) is 13.2 Å². The molecule has 0 aromatic carbocycles. The van der Waals surface area contributed by atoms with Crippen molar-refractivity contribution in [3.05, 3.63) is 36.0 Å². The number of carbonyl (C=O) groups excluding carboxylic acids is 2. The lowest BCUT2D eigenvalue weighted by Crippen LogP contribution is -2.09. The quantitative estimate of drug-likeness (QED) is 0.410. The predicted molar refractivity (Wildman–Crippen MR) is 87.3 cm³/mol. The number of carboxylic acids is 1. The summed E-state index contributed by atoms with van der Waals surface area (Å²) in [4.78, 5) is 32.1. The first-order valence-electron chi connectivity index (χ1n) is 7.38. The molecule has 0 aliphatic carbocycles. The standard InChI is InChI=1S/C10H14O4.C7H10O3/c1-4-14-10(13)8(3)6-5-7(2)9(11)12;1-5(2)7(8)10-4-6-3-9-6/h5H,3-4,6H2,1-2H3,(H,11,12);6H,1,3-4H2,2H3. The first-order chi connectivity index (χ1) is 11.2. The number of ether oxygens (including phenoxy) is 3. The number of aliphatic carboxylic acids is 1. The molecule has 1 heterocycles. The van der Waals surface area contributed by atoms with Gasteiger partial charge in [-0.2, -0.15) is 0 Å². The molecule has 1 aliphatic heterocycles. The number of carboxylic acid groups (broad SMARTS) is 1. The third kappa shape index (κ3) is 10.3. The van der Waals surface area contributed by atoms with Crippen LogP contribution in [0, 0.1) is 0 Å². The maximum atomic E-state index is 11.0. The molecular formula is C17H24O7. The second-order valence-corrected chi connectivity index (χ2v) is 5.05. The molecule has 1 N–H and O–H groups in total. The van der Waals surface area contributed by atoms with Crippen molar-refractivity contribution in [1.29, 1.82) is 0 Å². The highest BCUT2D eigenvalue weighted by atomic mass is 16.6. The topological polar surface area (TPSA) is 102 Å². The highest BCUT2D eigenvalue weighted by molar-refractivity contribution is 5.89. The lowest BCUT2D eigenvalue weighted by Gasteiger charge is -2.02. The Morgan fingerprint density at radius 1 is 1.21 bits per heavy atom. The van der Waals surface area contributed by atoms with Crippen LogP contribution in [0.25, 0.3) is 0 Å². The number of carbonyl (C=O) groups is 3. The summed E-state index contributed by atoms with van der Waals surface area (Å²) in [5.41, 5.74) is 0.878. The zero-order chi connectivity index (χ0) is 18.7. The summed E-state index contributed by atoms with van der Waals surface area (Å²) in [7, 11) is 0. The minimum atomic E-state index is -0.998. The Morgan fingerprint density at radius 3 is 2.21 bits per heavy atom. The summed E-state index contributed by atoms with van der Waals surface area (Å²) in [6.45, 7) is 13.1. The highest BCUT2D eigenvalue weighted by Crippen LogP contribution is 2.09. The van der Waals surface area contributed by atoms with Crippen LogP contribution in [0.5, 0.6) is 0 Å². The zero-order valence-corrected chi connectivity index (χ0v) is 14.3. The number of rotatable bonds is 8. The molecule has 0 radical (unpaired) electrons. The van der Waals surface area contributed by atoms with E-state index in [-0.39, 0.29) is 29.6 Å². The number of epoxide rings is 1. The van der Waals surface area contributed by atoms with Crippen LogP contribution >= 0.6 is 0 Å². The van der Waals surface area contributed by atoms with E-state index in [4.69, 9.17) is 14.6 Å². The minimum Gasteiger partial charge on any atom is -0.478 e. The summed E-state index contributed by atoms with van der Waals surface area (Å²) in [5, 5.41) is 8.52. The van der Waals surface area contributed by atoms with Gasteiger partial charge in [-0.1, -0.05) is 19.2 Å². The monoisotopic (exact) mass is 340 g/mol. The Labute approximate surface area is 141 Å². The van der Waals surface area contributed by atoms with Crippen LogP contribution in [0.1, 0.15) is 27.2 Å². The molecule has 1 rings (SSSR count). The fourth-order valence-corrected chi connectivity index (χ4v) is 1.14. The van der Waals surface area contributed by atoms with E-state index in [1.165, 1.54) is 13.0 Å². The maximum absolute atomic E-state index is 11.0. The fourth-order valence-electron chi connectivity index (χ4n) is 1.14. The molecule has 7 heteroatoms. The first kappa shape index (κ1) is 21.6. The Bertz CT molecular complexity index is 527. The molecule has 0 spiro atoms. The van der Waals surface area contributed by atoms with Gasteiger partial charge in [0.15, 0.2) is 0 Å². The van der Waals surface area contributed by atoms with Gasteiger partial charge in [-0.05, 0) is 27.2 Å². The largest absolute Gasteiger partial charge is 0.478 e. The first-order valence-corrected chi connectivity index (χ1v) is 7.38. The maximum Gasteiger partial charge on any atom is 0.333 e. The van der Waals surface area contributed by atoms with Gasteiger partial charge >= 0.3 is 17.9 Å². The van der Waals surface area contributed by atoms with Gasteiger partial charge in [-0.25, -0.2) is 14.4 Å². The van der Waals surface area contributed by atoms with Crippen LogP contribution in [0.15, 0.2) is 36.0 Å². The van der Waals surface area contributed by atoms with E-state index in [2.05, 4.69) is 17.9 Å². The molecule has 134 valence electrons. The Kier molecular flexibility index (Phi) is 10.1. The second-order valence-electron chi connectivity index (χ2n) is 5.05. The van der Waals surface area contributed by atoms with E-state index in [1.54, 1.807) is 13.8 Å². The highest BCUT2D eigenvalue weighted by Gasteiger charge is 2.24. The Hall–Kier alpha value is -2.41. The number of allylic oxidation sites excluding steroid dienone is 1. The van der Waals surface area contributed by atoms with Crippen molar-refractivity contribution in [3.63, 3.8) is 0 Å². The van der Waals surface area contributed by atoms with Crippen LogP contribution in [0.2, 0.25) is 0 Å². The molecule has 0 amide bonds. The number of hydrogen-bond donors (Lipinski definition) is 1. The van der Waals surface area contributed by atoms with Crippen molar-refractivity contribution in [1.82, 2.24) is 0 Å². The van der Waals surface area contributed by atoms with E-state index in [0.717, 1.165) is 0 Å². The van der Waals surface area contributed by atoms with Gasteiger partial charge in [0.25, 0.3) is 0 Å². The summed E-state index contributed by atoms with van der Waals surface area (Å²) in [5.74, 6) is -1.82. The smallest absolute Gasteiger partial charge is 0.333 e. The normalized spacial score (nSPS) is 15.5. The van der Waals surface area contributed by atoms with Crippen molar-refractivity contribution in [2.75, 3.05) is 19.8 Å². The van der Waals surface area contributed by atoms with Crippen LogP contribution in [0.4, 0.5) is 0 Å². The molecule has 7 nitrogen and oxygen atoms in total. The van der Waals surface area contributed by atoms with Gasteiger partial charge in [0.1, 0.15) is 12.7 Å². The molecule has 1 aliphatic rings. The van der Waals surface area contributed by atoms with E-state index in [1.807, 2.05) is 0 Å². The molecule has 0 aromatic rings. The molecule has 1 unspecified atom stereocenters. The van der Waals surface area contributed by atoms with Crippen molar-refractivity contribution < 1.29 is 33.7 Å². The zero-order valence-electron chi connectivity index (χ0n) is 14.3. The lowest BCUT2D eigenvalue weighted by atomic mass is 10.1. The molecule has 0 aromatic heterocycles. The average molecular weight is 340 g/mol. The molecule has 1 atom stereocenters. The number of esters is 2. The van der Waals surface area contributed by atoms with Gasteiger partial charge in [-0.3, -0.25) is 0 Å². The lowest BCUT2D eigenvalue weighted by molar-refractivity contribution is -0.139. The molecule has 1 saturated heterocycles. The van der Waals surface area contributed by atoms with Crippen molar-refractivity contribution in [3.8, 4) is 0 Å². The molecule has 0 bridgehead atoms. The number of hydrogen-bond acceptors (Lipinski definition) is 6. The summed E-state index contributed by atoms with van der Waals surface area (Å²) in [6, 6.07) is 0. The van der Waals surface area contributed by atoms with Crippen molar-refractivity contribution >= 4 is 17.9 Å². The fraction of sp³-hybridized carbons (Fsp3) is 0.471. The molecular weight excluding hydrogens is 316 g/mol. The molecule has 0 saturated carbocycles. The van der Waals surface area contributed by atoms with Crippen molar-refractivity contribution in [2.45, 2.75) is 33.3 Å². The van der Waals surface area contributed by atoms with Gasteiger partial charge in [0, 0.05) is 16.7 Å². The van der Waals surface area contributed by atoms with E-state index < -0.39 is 11.9 Å². The van der Waals surface area contributed by atoms with E-state index >= 15 is 0 Å². The summed E-state index contributed by atoms with van der Waals surface area (Å²) < 4.78 is 14.3. The van der Waals surface area contributed by atoms with Crippen LogP contribution in [0.3, 0.4) is 0 Å². The van der Waals surface area contributed by atoms with E-state index in [9.17, 15) is 14.4 Å².